The molecule has 0 amide bonds. The molecule has 0 aliphatic heterocycles. The minimum atomic E-state index is 0.382. The predicted molar refractivity (Wildman–Crippen MR) is 28.8 cm³/mol. The summed E-state index contributed by atoms with van der Waals surface area (Å²) in [6.45, 7) is 0.382. The molecule has 0 radical (unpaired) electrons. The molecule has 0 unspecified atom stereocenters. The maximum Gasteiger partial charge on any atom is 0.299 e. The van der Waals surface area contributed by atoms with Gasteiger partial charge in [0.05, 0.1) is 11.7 Å². The highest BCUT2D eigenvalue weighted by molar-refractivity contribution is 7.11. The summed E-state index contributed by atoms with van der Waals surface area (Å²) >= 11 is 1.28. The number of hydrogen-bond donors (Lipinski definition) is 0. The smallest absolute Gasteiger partial charge is 0.299 e. The zero-order chi connectivity index (χ0) is 5.82. The van der Waals surface area contributed by atoms with E-state index in [0.29, 0.717) is 11.5 Å². The lowest BCUT2D eigenvalue weighted by atomic mass is 10.9. The third kappa shape index (κ3) is 1.04. The molecule has 42 valence electrons. The summed E-state index contributed by atoms with van der Waals surface area (Å²) < 4.78 is 4.42. The Kier molecular flexibility index (Phi) is 1.58. The van der Waals surface area contributed by atoms with Crippen LogP contribution in [0, 0.1) is 0 Å². The van der Waals surface area contributed by atoms with E-state index in [1.54, 1.807) is 5.51 Å². The number of nitrogens with zero attached hydrogens (tertiary/aromatic N) is 1. The Morgan fingerprint density at radius 3 is 3.25 bits per heavy atom. The third-order valence-corrected chi connectivity index (χ3v) is 1.23. The van der Waals surface area contributed by atoms with Crippen LogP contribution in [0.25, 0.3) is 0 Å². The molecule has 8 heavy (non-hydrogen) atoms. The average molecular weight is 129 g/mol. The van der Waals surface area contributed by atoms with Crippen molar-refractivity contribution in [2.45, 2.75) is 0 Å². The summed E-state index contributed by atoms with van der Waals surface area (Å²) in [5.41, 5.74) is 1.60. The highest BCUT2D eigenvalue weighted by Crippen LogP contribution is 2.13. The van der Waals surface area contributed by atoms with Crippen LogP contribution < -0.4 is 4.74 Å². The first kappa shape index (κ1) is 5.24. The number of carbonyl (C=O) groups excluding carboxylic acids is 1. The SMILES string of the molecule is O=COc1cncs1. The fraction of sp³-hybridized carbons (Fsp3) is 0. The lowest BCUT2D eigenvalue weighted by Gasteiger charge is -1.82. The van der Waals surface area contributed by atoms with Gasteiger partial charge in [-0.15, -0.1) is 0 Å². The first-order valence-electron chi connectivity index (χ1n) is 1.92. The second kappa shape index (κ2) is 2.42. The Hall–Kier alpha value is -0.900. The van der Waals surface area contributed by atoms with Gasteiger partial charge >= 0.3 is 0 Å². The molecule has 0 fully saturated rings. The minimum absolute atomic E-state index is 0.382. The molecule has 0 saturated carbocycles. The van der Waals surface area contributed by atoms with E-state index in [2.05, 4.69) is 9.72 Å². The van der Waals surface area contributed by atoms with Crippen LogP contribution in [0.3, 0.4) is 0 Å². The van der Waals surface area contributed by atoms with Crippen molar-refractivity contribution in [1.29, 1.82) is 0 Å². The van der Waals surface area contributed by atoms with Gasteiger partial charge in [-0.1, -0.05) is 11.3 Å². The summed E-state index contributed by atoms with van der Waals surface area (Å²) in [6, 6.07) is 0. The van der Waals surface area contributed by atoms with E-state index in [9.17, 15) is 4.79 Å². The Labute approximate surface area is 49.9 Å². The van der Waals surface area contributed by atoms with Crippen molar-refractivity contribution >= 4 is 17.8 Å². The number of aromatic nitrogens is 1. The van der Waals surface area contributed by atoms with E-state index in [-0.39, 0.29) is 0 Å². The van der Waals surface area contributed by atoms with E-state index in [1.165, 1.54) is 17.5 Å². The molecule has 4 heteroatoms. The fourth-order valence-electron chi connectivity index (χ4n) is 0.310. The van der Waals surface area contributed by atoms with Gasteiger partial charge in [0, 0.05) is 0 Å². The molecule has 0 aliphatic rings. The molecule has 1 heterocycles. The van der Waals surface area contributed by atoms with E-state index >= 15 is 0 Å². The highest BCUT2D eigenvalue weighted by atomic mass is 32.1. The Morgan fingerprint density at radius 2 is 2.75 bits per heavy atom. The van der Waals surface area contributed by atoms with E-state index in [1.807, 2.05) is 0 Å². The lowest BCUT2D eigenvalue weighted by molar-refractivity contribution is -0.120. The van der Waals surface area contributed by atoms with Crippen LogP contribution in [0.5, 0.6) is 5.06 Å². The van der Waals surface area contributed by atoms with Gasteiger partial charge in [0.25, 0.3) is 6.47 Å². The molecule has 0 aliphatic carbocycles. The Morgan fingerprint density at radius 1 is 1.88 bits per heavy atom. The van der Waals surface area contributed by atoms with Crippen LogP contribution in [0.4, 0.5) is 0 Å². The van der Waals surface area contributed by atoms with Crippen LogP contribution in [0.15, 0.2) is 11.7 Å². The molecule has 3 nitrogen and oxygen atoms in total. The van der Waals surface area contributed by atoms with Crippen molar-refractivity contribution < 1.29 is 9.53 Å². The molecular formula is C4H3NO2S. The number of hydrogen-bond acceptors (Lipinski definition) is 4. The topological polar surface area (TPSA) is 39.2 Å². The standard InChI is InChI=1S/C4H3NO2S/c6-3-7-4-1-5-2-8-4/h1-3H. The molecule has 0 spiro atoms. The van der Waals surface area contributed by atoms with Crippen LogP contribution >= 0.6 is 11.3 Å². The summed E-state index contributed by atoms with van der Waals surface area (Å²) in [4.78, 5) is 13.3. The predicted octanol–water partition coefficient (Wildman–Crippen LogP) is 0.678. The van der Waals surface area contributed by atoms with E-state index < -0.39 is 0 Å². The van der Waals surface area contributed by atoms with Gasteiger partial charge in [-0.25, -0.2) is 4.98 Å². The van der Waals surface area contributed by atoms with Gasteiger partial charge in [-0.2, -0.15) is 0 Å². The second-order valence-electron chi connectivity index (χ2n) is 1.03. The third-order valence-electron chi connectivity index (χ3n) is 0.574. The number of rotatable bonds is 2. The maximum atomic E-state index is 9.63. The molecule has 1 aromatic rings. The zero-order valence-electron chi connectivity index (χ0n) is 3.90. The first-order chi connectivity index (χ1) is 3.93. The fourth-order valence-corrected chi connectivity index (χ4v) is 0.752. The summed E-state index contributed by atoms with van der Waals surface area (Å²) in [7, 11) is 0. The van der Waals surface area contributed by atoms with Crippen LogP contribution in [-0.2, 0) is 4.79 Å². The van der Waals surface area contributed by atoms with Gasteiger partial charge in [0.2, 0.25) is 5.06 Å². The minimum Gasteiger partial charge on any atom is -0.416 e. The van der Waals surface area contributed by atoms with Gasteiger partial charge in [0.15, 0.2) is 0 Å². The van der Waals surface area contributed by atoms with E-state index in [0.717, 1.165) is 0 Å². The summed E-state index contributed by atoms with van der Waals surface area (Å²) in [5.74, 6) is 0. The van der Waals surface area contributed by atoms with Gasteiger partial charge in [-0.3, -0.25) is 4.79 Å². The number of ether oxygens (including phenoxy) is 1. The Balaban J connectivity index is 2.62. The molecule has 0 N–H and O–H groups in total. The van der Waals surface area contributed by atoms with Crippen molar-refractivity contribution in [3.8, 4) is 5.06 Å². The number of carbonyl (C=O) groups is 1. The normalized spacial score (nSPS) is 8.50. The average Bonchev–Trinajstić information content (AvgIpc) is 2.19. The van der Waals surface area contributed by atoms with E-state index in [4.69, 9.17) is 0 Å². The maximum absolute atomic E-state index is 9.63. The number of thiazole rings is 1. The molecule has 1 rings (SSSR count). The largest absolute Gasteiger partial charge is 0.416 e. The van der Waals surface area contributed by atoms with Crippen LogP contribution in [-0.4, -0.2) is 11.5 Å². The van der Waals surface area contributed by atoms with Crippen LogP contribution in [0.2, 0.25) is 0 Å². The molecule has 1 aromatic heterocycles. The Bertz CT molecular complexity index is 161. The quantitative estimate of drug-likeness (QED) is 0.551. The van der Waals surface area contributed by atoms with Crippen molar-refractivity contribution in [1.82, 2.24) is 4.98 Å². The zero-order valence-corrected chi connectivity index (χ0v) is 4.72. The summed E-state index contributed by atoms with van der Waals surface area (Å²) in [6.07, 6.45) is 1.49. The van der Waals surface area contributed by atoms with Crippen molar-refractivity contribution in [2.75, 3.05) is 0 Å². The van der Waals surface area contributed by atoms with Crippen LogP contribution in [0.1, 0.15) is 0 Å². The van der Waals surface area contributed by atoms with Gasteiger partial charge < -0.3 is 4.74 Å². The highest BCUT2D eigenvalue weighted by Gasteiger charge is 1.88. The molecule has 0 aromatic carbocycles. The van der Waals surface area contributed by atoms with Crippen molar-refractivity contribution in [3.63, 3.8) is 0 Å². The molecule has 0 atom stereocenters. The van der Waals surface area contributed by atoms with Gasteiger partial charge in [-0.05, 0) is 0 Å². The first-order valence-corrected chi connectivity index (χ1v) is 2.80. The van der Waals surface area contributed by atoms with Crippen molar-refractivity contribution in [3.05, 3.63) is 11.7 Å². The lowest BCUT2D eigenvalue weighted by Crippen LogP contribution is -1.82. The molecule has 0 bridgehead atoms. The van der Waals surface area contributed by atoms with Crippen molar-refractivity contribution in [2.24, 2.45) is 0 Å². The monoisotopic (exact) mass is 129 g/mol. The molecule has 0 saturated heterocycles. The summed E-state index contributed by atoms with van der Waals surface area (Å²) in [5, 5.41) is 0.528. The van der Waals surface area contributed by atoms with Gasteiger partial charge in [0.1, 0.15) is 0 Å². The second-order valence-corrected chi connectivity index (χ2v) is 1.88. The molecular weight excluding hydrogens is 126 g/mol.